The molecule has 0 saturated heterocycles. The summed E-state index contributed by atoms with van der Waals surface area (Å²) in [6.45, 7) is 8.10. The maximum atomic E-state index is 13.7. The number of carbonyl (C=O) groups is 1. The zero-order chi connectivity index (χ0) is 25.3. The topological polar surface area (TPSA) is 62.6 Å². The van der Waals surface area contributed by atoms with Gasteiger partial charge < -0.3 is 19.9 Å². The van der Waals surface area contributed by atoms with Crippen LogP contribution in [0.25, 0.3) is 5.70 Å². The number of amides is 1. The van der Waals surface area contributed by atoms with Crippen molar-refractivity contribution in [2.24, 2.45) is 0 Å². The minimum atomic E-state index is 0.0447. The van der Waals surface area contributed by atoms with Crippen molar-refractivity contribution >= 4 is 23.0 Å². The third kappa shape index (κ3) is 5.79. The molecule has 36 heavy (non-hydrogen) atoms. The maximum Gasteiger partial charge on any atom is 0.253 e. The number of anilines is 2. The molecule has 1 N–H and O–H groups in total. The van der Waals surface area contributed by atoms with Gasteiger partial charge in [0.1, 0.15) is 5.75 Å². The van der Waals surface area contributed by atoms with E-state index >= 15 is 0 Å². The van der Waals surface area contributed by atoms with Crippen LogP contribution in [0.1, 0.15) is 32.6 Å². The van der Waals surface area contributed by atoms with Crippen molar-refractivity contribution < 1.29 is 9.53 Å². The maximum absolute atomic E-state index is 13.7. The summed E-state index contributed by atoms with van der Waals surface area (Å²) < 4.78 is 7.31. The SMILES string of the molecule is C=CN1C(=CC)CCN(C(=O)C2=CC=C(n3cccn3)CCC=C2)CCCNc2cc(OC)ccc21. The van der Waals surface area contributed by atoms with Crippen LogP contribution in [0.4, 0.5) is 11.4 Å². The highest BCUT2D eigenvalue weighted by Gasteiger charge is 2.21. The first-order valence-electron chi connectivity index (χ1n) is 12.5. The molecule has 2 aromatic rings. The van der Waals surface area contributed by atoms with Crippen LogP contribution in [0.3, 0.4) is 0 Å². The van der Waals surface area contributed by atoms with Crippen LogP contribution in [-0.2, 0) is 4.79 Å². The second kappa shape index (κ2) is 12.1. The summed E-state index contributed by atoms with van der Waals surface area (Å²) in [6, 6.07) is 7.92. The lowest BCUT2D eigenvalue weighted by molar-refractivity contribution is -0.126. The Hall–Kier alpha value is -4.00. The van der Waals surface area contributed by atoms with Gasteiger partial charge >= 0.3 is 0 Å². The predicted molar refractivity (Wildman–Crippen MR) is 147 cm³/mol. The summed E-state index contributed by atoms with van der Waals surface area (Å²) in [7, 11) is 1.67. The Bertz CT molecular complexity index is 1190. The average Bonchev–Trinajstić information content (AvgIpc) is 3.41. The summed E-state index contributed by atoms with van der Waals surface area (Å²) in [6.07, 6.45) is 18.9. The molecule has 4 rings (SSSR count). The number of hydrogen-bond donors (Lipinski definition) is 1. The fourth-order valence-corrected chi connectivity index (χ4v) is 4.55. The van der Waals surface area contributed by atoms with E-state index in [1.807, 2.05) is 71.4 Å². The summed E-state index contributed by atoms with van der Waals surface area (Å²) >= 11 is 0. The van der Waals surface area contributed by atoms with Crippen molar-refractivity contribution in [1.82, 2.24) is 14.7 Å². The van der Waals surface area contributed by atoms with Crippen molar-refractivity contribution in [1.29, 1.82) is 0 Å². The molecule has 1 aromatic carbocycles. The van der Waals surface area contributed by atoms with Crippen LogP contribution in [0.2, 0.25) is 0 Å². The van der Waals surface area contributed by atoms with E-state index in [1.165, 1.54) is 0 Å². The molecule has 0 saturated carbocycles. The van der Waals surface area contributed by atoms with Gasteiger partial charge in [-0.15, -0.1) is 0 Å². The van der Waals surface area contributed by atoms with E-state index in [9.17, 15) is 4.79 Å². The van der Waals surface area contributed by atoms with E-state index in [4.69, 9.17) is 4.74 Å². The number of allylic oxidation sites excluding steroid dienone is 5. The third-order valence-corrected chi connectivity index (χ3v) is 6.50. The quantitative estimate of drug-likeness (QED) is 0.611. The van der Waals surface area contributed by atoms with Gasteiger partial charge in [-0.05, 0) is 56.5 Å². The van der Waals surface area contributed by atoms with Gasteiger partial charge in [-0.2, -0.15) is 5.10 Å². The van der Waals surface area contributed by atoms with Crippen LogP contribution in [0.5, 0.6) is 5.75 Å². The molecular weight excluding hydrogens is 450 g/mol. The molecule has 2 heterocycles. The van der Waals surface area contributed by atoms with Crippen molar-refractivity contribution in [2.75, 3.05) is 37.0 Å². The van der Waals surface area contributed by atoms with Crippen LogP contribution < -0.4 is 15.0 Å². The number of fused-ring (bicyclic) bond motifs is 1. The number of hydrogen-bond acceptors (Lipinski definition) is 5. The van der Waals surface area contributed by atoms with Crippen LogP contribution in [0, 0.1) is 0 Å². The average molecular weight is 486 g/mol. The van der Waals surface area contributed by atoms with Gasteiger partial charge in [0.05, 0.1) is 18.5 Å². The lowest BCUT2D eigenvalue weighted by Gasteiger charge is -2.28. The van der Waals surface area contributed by atoms with Gasteiger partial charge in [0.25, 0.3) is 5.91 Å². The van der Waals surface area contributed by atoms with Gasteiger partial charge in [-0.3, -0.25) is 4.79 Å². The Balaban J connectivity index is 1.58. The van der Waals surface area contributed by atoms with Crippen molar-refractivity contribution in [3.8, 4) is 5.75 Å². The minimum Gasteiger partial charge on any atom is -0.497 e. The van der Waals surface area contributed by atoms with Crippen molar-refractivity contribution in [3.05, 3.63) is 91.1 Å². The minimum absolute atomic E-state index is 0.0447. The molecule has 188 valence electrons. The van der Waals surface area contributed by atoms with Gasteiger partial charge in [-0.1, -0.05) is 24.8 Å². The lowest BCUT2D eigenvalue weighted by Crippen LogP contribution is -2.35. The van der Waals surface area contributed by atoms with Crippen molar-refractivity contribution in [2.45, 2.75) is 32.6 Å². The standard InChI is InChI=1S/C29H35N5O2/c1-4-24-16-21-32(19-8-17-30-27-22-26(36-3)14-15-28(27)33(24)5-2)29(35)23-10-6-7-11-25(13-12-23)34-20-9-18-31-34/h4-6,9-10,12-15,18,20,22,30H,2,7-8,11,16-17,19,21H2,1,3H3. The Morgan fingerprint density at radius 1 is 1.22 bits per heavy atom. The zero-order valence-corrected chi connectivity index (χ0v) is 21.2. The zero-order valence-electron chi connectivity index (χ0n) is 21.2. The first-order valence-corrected chi connectivity index (χ1v) is 12.5. The first kappa shape index (κ1) is 25.1. The van der Waals surface area contributed by atoms with E-state index < -0.39 is 0 Å². The molecule has 0 fully saturated rings. The van der Waals surface area contributed by atoms with Crippen molar-refractivity contribution in [3.63, 3.8) is 0 Å². The molecule has 2 aliphatic rings. The molecule has 1 aliphatic carbocycles. The van der Waals surface area contributed by atoms with Gasteiger partial charge in [0.15, 0.2) is 0 Å². The normalized spacial score (nSPS) is 18.1. The molecule has 7 heteroatoms. The first-order chi connectivity index (χ1) is 17.6. The van der Waals surface area contributed by atoms with E-state index in [1.54, 1.807) is 13.3 Å². The molecule has 1 aromatic heterocycles. The second-order valence-electron chi connectivity index (χ2n) is 8.71. The Labute approximate surface area is 213 Å². The number of ether oxygens (including phenoxy) is 1. The molecule has 1 amide bonds. The molecular formula is C29H35N5O2. The monoisotopic (exact) mass is 485 g/mol. The number of carbonyl (C=O) groups excluding carboxylic acids is 1. The van der Waals surface area contributed by atoms with Crippen LogP contribution in [0.15, 0.2) is 91.1 Å². The van der Waals surface area contributed by atoms with Gasteiger partial charge in [0.2, 0.25) is 0 Å². The predicted octanol–water partition coefficient (Wildman–Crippen LogP) is 5.60. The van der Waals surface area contributed by atoms with E-state index in [2.05, 4.69) is 34.0 Å². The third-order valence-electron chi connectivity index (χ3n) is 6.50. The summed E-state index contributed by atoms with van der Waals surface area (Å²) in [4.78, 5) is 17.7. The number of benzene rings is 1. The molecule has 0 spiro atoms. The summed E-state index contributed by atoms with van der Waals surface area (Å²) in [5, 5.41) is 7.89. The molecule has 1 aliphatic heterocycles. The summed E-state index contributed by atoms with van der Waals surface area (Å²) in [5.41, 5.74) is 4.84. The fourth-order valence-electron chi connectivity index (χ4n) is 4.55. The molecule has 0 bridgehead atoms. The van der Waals surface area contributed by atoms with Gasteiger partial charge in [-0.25, -0.2) is 4.68 Å². The fraction of sp³-hybridized carbons (Fsp3) is 0.310. The smallest absolute Gasteiger partial charge is 0.253 e. The number of rotatable bonds is 4. The molecule has 7 nitrogen and oxygen atoms in total. The molecule has 0 atom stereocenters. The van der Waals surface area contributed by atoms with Crippen LogP contribution in [-0.4, -0.2) is 47.3 Å². The summed E-state index contributed by atoms with van der Waals surface area (Å²) in [5.74, 6) is 0.841. The number of nitrogens with zero attached hydrogens (tertiary/aromatic N) is 4. The number of methoxy groups -OCH3 is 1. The second-order valence-corrected chi connectivity index (χ2v) is 8.71. The van der Waals surface area contributed by atoms with Gasteiger partial charge in [0, 0.05) is 67.7 Å². The Kier molecular flexibility index (Phi) is 8.44. The van der Waals surface area contributed by atoms with E-state index in [0.29, 0.717) is 25.1 Å². The van der Waals surface area contributed by atoms with E-state index in [0.717, 1.165) is 54.3 Å². The molecule has 0 radical (unpaired) electrons. The largest absolute Gasteiger partial charge is 0.497 e. The number of nitrogens with one attached hydrogen (secondary N) is 1. The highest BCUT2D eigenvalue weighted by Crippen LogP contribution is 2.34. The lowest BCUT2D eigenvalue weighted by atomic mass is 10.1. The molecule has 0 unspecified atom stereocenters. The van der Waals surface area contributed by atoms with E-state index in [-0.39, 0.29) is 5.91 Å². The Morgan fingerprint density at radius 2 is 2.11 bits per heavy atom. The van der Waals surface area contributed by atoms with Crippen LogP contribution >= 0.6 is 0 Å². The highest BCUT2D eigenvalue weighted by molar-refractivity contribution is 5.96. The number of aromatic nitrogens is 2. The Morgan fingerprint density at radius 3 is 2.86 bits per heavy atom. The highest BCUT2D eigenvalue weighted by atomic mass is 16.5.